The molecule has 17 heteroatoms. The summed E-state index contributed by atoms with van der Waals surface area (Å²) in [6.07, 6.45) is 2.38. The van der Waals surface area contributed by atoms with E-state index >= 15 is 0 Å². The van der Waals surface area contributed by atoms with E-state index < -0.39 is 64.0 Å². The minimum Gasteiger partial charge on any atom is -0.270 e. The first kappa shape index (κ1) is 30.8. The lowest BCUT2D eigenvalue weighted by Gasteiger charge is -2.36. The Balaban J connectivity index is 2.10. The van der Waals surface area contributed by atoms with Crippen LogP contribution in [0.25, 0.3) is 0 Å². The molecule has 0 aromatic heterocycles. The first-order valence-corrected chi connectivity index (χ1v) is 18.5. The van der Waals surface area contributed by atoms with Gasteiger partial charge in [-0.25, -0.2) is 33.7 Å². The fourth-order valence-electron chi connectivity index (χ4n) is 4.59. The second kappa shape index (κ2) is 10.4. The number of fused-ring (bicyclic) bond motifs is 1. The normalized spacial score (nSPS) is 16.5. The lowest BCUT2D eigenvalue weighted by Crippen LogP contribution is -2.51. The van der Waals surface area contributed by atoms with E-state index in [1.165, 1.54) is 36.4 Å². The van der Waals surface area contributed by atoms with E-state index in [4.69, 9.17) is 0 Å². The lowest BCUT2D eigenvalue weighted by atomic mass is 10.0. The van der Waals surface area contributed by atoms with E-state index in [-0.39, 0.29) is 30.7 Å². The standard InChI is InChI=1S/C22H27N3O10S4/c1-15(24(36(2,28)29)37(3,30)31)20(25(38(4,32)33)39(5,34)35)17-12-10-16(11-13-17)14-23-21(26)18-8-6-7-9-19(18)22(23)27/h6-13,15,20H,14H2,1-5H3/t15-,20-/m1/s1. The zero-order valence-electron chi connectivity index (χ0n) is 21.5. The molecule has 2 atom stereocenters. The quantitative estimate of drug-likeness (QED) is 0.336. The van der Waals surface area contributed by atoms with Crippen LogP contribution < -0.4 is 0 Å². The second-order valence-corrected chi connectivity index (χ2v) is 17.1. The van der Waals surface area contributed by atoms with E-state index in [0.717, 1.165) is 11.8 Å². The Morgan fingerprint density at radius 2 is 1.03 bits per heavy atom. The van der Waals surface area contributed by atoms with Crippen LogP contribution in [0.3, 0.4) is 0 Å². The fourth-order valence-corrected chi connectivity index (χ4v) is 11.4. The Morgan fingerprint density at radius 1 is 0.641 bits per heavy atom. The van der Waals surface area contributed by atoms with Crippen molar-refractivity contribution in [3.05, 3.63) is 70.8 Å². The van der Waals surface area contributed by atoms with Crippen molar-refractivity contribution in [1.82, 2.24) is 12.3 Å². The molecule has 1 aliphatic heterocycles. The van der Waals surface area contributed by atoms with Gasteiger partial charge in [-0.2, -0.15) is 0 Å². The van der Waals surface area contributed by atoms with Gasteiger partial charge in [0.2, 0.25) is 40.1 Å². The van der Waals surface area contributed by atoms with Gasteiger partial charge in [0.25, 0.3) is 11.8 Å². The van der Waals surface area contributed by atoms with Gasteiger partial charge >= 0.3 is 0 Å². The van der Waals surface area contributed by atoms with E-state index in [1.807, 2.05) is 0 Å². The number of hydrogen-bond donors (Lipinski definition) is 0. The van der Waals surface area contributed by atoms with Crippen LogP contribution in [0.1, 0.15) is 44.8 Å². The molecule has 0 bridgehead atoms. The first-order chi connectivity index (χ1) is 17.7. The first-order valence-electron chi connectivity index (χ1n) is 11.1. The summed E-state index contributed by atoms with van der Waals surface area (Å²) in [4.78, 5) is 26.4. The Bertz CT molecular complexity index is 1650. The van der Waals surface area contributed by atoms with Crippen LogP contribution in [0.4, 0.5) is 0 Å². The summed E-state index contributed by atoms with van der Waals surface area (Å²) in [5, 5.41) is 0. The van der Waals surface area contributed by atoms with Gasteiger partial charge in [-0.3, -0.25) is 14.5 Å². The smallest absolute Gasteiger partial charge is 0.261 e. The molecule has 0 radical (unpaired) electrons. The van der Waals surface area contributed by atoms with Gasteiger partial charge in [0.05, 0.1) is 54.8 Å². The highest BCUT2D eigenvalue weighted by Gasteiger charge is 2.46. The summed E-state index contributed by atoms with van der Waals surface area (Å²) < 4.78 is 100. The number of carbonyl (C=O) groups excluding carboxylic acids is 2. The third-order valence-electron chi connectivity index (χ3n) is 5.86. The summed E-state index contributed by atoms with van der Waals surface area (Å²) in [5.41, 5.74) is 0.841. The van der Waals surface area contributed by atoms with Crippen LogP contribution in [0.5, 0.6) is 0 Å². The molecule has 3 rings (SSSR count). The van der Waals surface area contributed by atoms with Crippen LogP contribution in [0, 0.1) is 0 Å². The molecule has 0 spiro atoms. The van der Waals surface area contributed by atoms with Gasteiger partial charge in [-0.05, 0) is 30.2 Å². The summed E-state index contributed by atoms with van der Waals surface area (Å²) in [6, 6.07) is 8.07. The lowest BCUT2D eigenvalue weighted by molar-refractivity contribution is 0.0642. The maximum absolute atomic E-state index is 12.7. The zero-order valence-corrected chi connectivity index (χ0v) is 24.8. The van der Waals surface area contributed by atoms with Crippen molar-refractivity contribution < 1.29 is 43.3 Å². The van der Waals surface area contributed by atoms with E-state index in [9.17, 15) is 43.3 Å². The Labute approximate surface area is 228 Å². The summed E-state index contributed by atoms with van der Waals surface area (Å²) in [5.74, 6) is -1.02. The highest BCUT2D eigenvalue weighted by Crippen LogP contribution is 2.34. The molecule has 1 aliphatic rings. The number of amides is 2. The van der Waals surface area contributed by atoms with Gasteiger partial charge in [0.15, 0.2) is 0 Å². The molecule has 0 aliphatic carbocycles. The summed E-state index contributed by atoms with van der Waals surface area (Å²) >= 11 is 0. The Hall–Kier alpha value is -2.70. The summed E-state index contributed by atoms with van der Waals surface area (Å²) in [7, 11) is -18.2. The maximum atomic E-state index is 12.7. The van der Waals surface area contributed by atoms with E-state index in [2.05, 4.69) is 0 Å². The zero-order chi connectivity index (χ0) is 29.7. The van der Waals surface area contributed by atoms with Crippen LogP contribution in [-0.2, 0) is 46.6 Å². The van der Waals surface area contributed by atoms with Crippen molar-refractivity contribution in [3.63, 3.8) is 0 Å². The molecule has 0 saturated carbocycles. The molecule has 2 amide bonds. The third-order valence-corrected chi connectivity index (χ3v) is 12.8. The monoisotopic (exact) mass is 621 g/mol. The average molecular weight is 622 g/mol. The van der Waals surface area contributed by atoms with E-state index in [0.29, 0.717) is 30.6 Å². The minimum absolute atomic E-state index is 0.0539. The topological polar surface area (TPSA) is 180 Å². The SMILES string of the molecule is C[C@H]([C@H](c1ccc(CN2C(=O)c3ccccc3C2=O)cc1)N(S(C)(=O)=O)S(C)(=O)=O)N(S(C)(=O)=O)S(C)(=O)=O. The molecule has 214 valence electrons. The third kappa shape index (κ3) is 6.38. The molecule has 0 fully saturated rings. The number of benzene rings is 2. The largest absolute Gasteiger partial charge is 0.270 e. The molecule has 0 N–H and O–H groups in total. The molecule has 0 saturated heterocycles. The van der Waals surface area contributed by atoms with Gasteiger partial charge < -0.3 is 0 Å². The number of imide groups is 1. The Morgan fingerprint density at radius 3 is 1.38 bits per heavy atom. The highest BCUT2D eigenvalue weighted by atomic mass is 32.3. The second-order valence-electron chi connectivity index (χ2n) is 9.17. The highest BCUT2D eigenvalue weighted by molar-refractivity contribution is 8.04. The minimum atomic E-state index is -4.58. The van der Waals surface area contributed by atoms with Gasteiger partial charge in [-0.1, -0.05) is 43.8 Å². The van der Waals surface area contributed by atoms with E-state index in [1.54, 1.807) is 12.1 Å². The number of hydrogen-bond acceptors (Lipinski definition) is 10. The van der Waals surface area contributed by atoms with Crippen LogP contribution in [0.2, 0.25) is 0 Å². The fraction of sp³-hybridized carbons (Fsp3) is 0.364. The van der Waals surface area contributed by atoms with Crippen LogP contribution >= 0.6 is 0 Å². The van der Waals surface area contributed by atoms with Crippen LogP contribution in [-0.4, -0.2) is 88.9 Å². The van der Waals surface area contributed by atoms with Crippen molar-refractivity contribution in [2.24, 2.45) is 0 Å². The van der Waals surface area contributed by atoms with Crippen molar-refractivity contribution >= 4 is 51.9 Å². The molecule has 39 heavy (non-hydrogen) atoms. The molecular formula is C22H27N3O10S4. The van der Waals surface area contributed by atoms with Gasteiger partial charge in [0, 0.05) is 0 Å². The number of rotatable bonds is 10. The van der Waals surface area contributed by atoms with Crippen LogP contribution in [0.15, 0.2) is 48.5 Å². The maximum Gasteiger partial charge on any atom is 0.261 e. The molecule has 2 aromatic carbocycles. The number of sulfonamides is 4. The predicted octanol–water partition coefficient (Wildman–Crippen LogP) is 0.355. The predicted molar refractivity (Wildman–Crippen MR) is 142 cm³/mol. The van der Waals surface area contributed by atoms with Crippen molar-refractivity contribution in [3.8, 4) is 0 Å². The summed E-state index contributed by atoms with van der Waals surface area (Å²) in [6.45, 7) is 0.913. The van der Waals surface area contributed by atoms with Crippen molar-refractivity contribution in [1.29, 1.82) is 0 Å². The molecule has 2 aromatic rings. The number of carbonyl (C=O) groups is 2. The average Bonchev–Trinajstić information content (AvgIpc) is 2.99. The molecule has 0 unspecified atom stereocenters. The Kier molecular flexibility index (Phi) is 8.20. The number of nitrogens with zero attached hydrogens (tertiary/aromatic N) is 3. The van der Waals surface area contributed by atoms with Gasteiger partial charge in [0.1, 0.15) is 0 Å². The van der Waals surface area contributed by atoms with Crippen molar-refractivity contribution in [2.45, 2.75) is 25.6 Å². The van der Waals surface area contributed by atoms with Gasteiger partial charge in [-0.15, -0.1) is 0 Å². The molecule has 13 nitrogen and oxygen atoms in total. The molecular weight excluding hydrogens is 595 g/mol. The van der Waals surface area contributed by atoms with Crippen molar-refractivity contribution in [2.75, 3.05) is 25.0 Å². The molecule has 1 heterocycles.